The molecule has 0 aromatic rings. The maximum absolute atomic E-state index is 12.1. The van der Waals surface area contributed by atoms with E-state index in [1.807, 2.05) is 0 Å². The Kier molecular flexibility index (Phi) is 2.46. The highest BCUT2D eigenvalue weighted by atomic mass is 19.4. The van der Waals surface area contributed by atoms with Crippen LogP contribution in [0.15, 0.2) is 11.3 Å². The summed E-state index contributed by atoms with van der Waals surface area (Å²) in [5, 5.41) is 0. The lowest BCUT2D eigenvalue weighted by molar-refractivity contribution is -0.130. The number of amides is 1. The van der Waals surface area contributed by atoms with Crippen molar-refractivity contribution < 1.29 is 22.7 Å². The molecule has 0 aliphatic carbocycles. The van der Waals surface area contributed by atoms with Crippen LogP contribution >= 0.6 is 0 Å². The first-order valence-electron chi connectivity index (χ1n) is 3.41. The van der Waals surface area contributed by atoms with E-state index in [4.69, 9.17) is 5.84 Å². The number of nitrogens with two attached hydrogens (primary N) is 1. The minimum absolute atomic E-state index is 0.0716. The van der Waals surface area contributed by atoms with E-state index in [1.165, 1.54) is 0 Å². The SMILES string of the molecule is NNC(=O)C1=C(C(F)(F)F)OCC1. The molecule has 4 nitrogen and oxygen atoms in total. The summed E-state index contributed by atoms with van der Waals surface area (Å²) in [4.78, 5) is 10.8. The molecule has 1 rings (SSSR count). The highest BCUT2D eigenvalue weighted by molar-refractivity contribution is 5.94. The molecule has 0 spiro atoms. The Bertz CT molecular complexity index is 259. The quantitative estimate of drug-likeness (QED) is 0.358. The van der Waals surface area contributed by atoms with E-state index in [1.54, 1.807) is 5.43 Å². The lowest BCUT2D eigenvalue weighted by atomic mass is 10.2. The monoisotopic (exact) mass is 196 g/mol. The van der Waals surface area contributed by atoms with Gasteiger partial charge in [-0.05, 0) is 0 Å². The van der Waals surface area contributed by atoms with Crippen molar-refractivity contribution in [3.63, 3.8) is 0 Å². The van der Waals surface area contributed by atoms with Crippen molar-refractivity contribution >= 4 is 5.91 Å². The molecule has 0 radical (unpaired) electrons. The summed E-state index contributed by atoms with van der Waals surface area (Å²) >= 11 is 0. The molecule has 0 atom stereocenters. The van der Waals surface area contributed by atoms with Gasteiger partial charge in [0.1, 0.15) is 0 Å². The summed E-state index contributed by atoms with van der Waals surface area (Å²) < 4.78 is 40.6. The van der Waals surface area contributed by atoms with Crippen molar-refractivity contribution in [3.05, 3.63) is 11.3 Å². The number of rotatable bonds is 1. The minimum Gasteiger partial charge on any atom is -0.488 e. The molecule has 1 aliphatic heterocycles. The van der Waals surface area contributed by atoms with E-state index in [0.29, 0.717) is 0 Å². The maximum atomic E-state index is 12.1. The molecule has 74 valence electrons. The van der Waals surface area contributed by atoms with Crippen LogP contribution in [0.3, 0.4) is 0 Å². The molecule has 0 fully saturated rings. The van der Waals surface area contributed by atoms with E-state index in [0.717, 1.165) is 0 Å². The third-order valence-corrected chi connectivity index (χ3v) is 1.54. The first-order valence-corrected chi connectivity index (χ1v) is 3.41. The first kappa shape index (κ1) is 9.85. The van der Waals surface area contributed by atoms with Crippen LogP contribution in [0, 0.1) is 0 Å². The highest BCUT2D eigenvalue weighted by Crippen LogP contribution is 2.34. The fraction of sp³-hybridized carbons (Fsp3) is 0.500. The summed E-state index contributed by atoms with van der Waals surface area (Å²) in [5.41, 5.74) is 1.18. The molecule has 0 bridgehead atoms. The second-order valence-electron chi connectivity index (χ2n) is 2.38. The Morgan fingerprint density at radius 3 is 2.62 bits per heavy atom. The predicted molar refractivity (Wildman–Crippen MR) is 36.0 cm³/mol. The van der Waals surface area contributed by atoms with E-state index in [9.17, 15) is 18.0 Å². The number of hydrogen-bond acceptors (Lipinski definition) is 3. The van der Waals surface area contributed by atoms with E-state index >= 15 is 0 Å². The molecule has 1 aliphatic rings. The van der Waals surface area contributed by atoms with Crippen molar-refractivity contribution in [3.8, 4) is 0 Å². The maximum Gasteiger partial charge on any atom is 0.449 e. The molecule has 0 aromatic heterocycles. The normalized spacial score (nSPS) is 17.2. The zero-order valence-electron chi connectivity index (χ0n) is 6.44. The molecule has 0 unspecified atom stereocenters. The second-order valence-corrected chi connectivity index (χ2v) is 2.38. The lowest BCUT2D eigenvalue weighted by Gasteiger charge is -2.08. The van der Waals surface area contributed by atoms with Gasteiger partial charge in [0.05, 0.1) is 12.2 Å². The van der Waals surface area contributed by atoms with E-state index < -0.39 is 23.4 Å². The Hall–Kier alpha value is -1.24. The van der Waals surface area contributed by atoms with Crippen LogP contribution in [-0.4, -0.2) is 18.7 Å². The fourth-order valence-corrected chi connectivity index (χ4v) is 1.01. The Morgan fingerprint density at radius 1 is 1.54 bits per heavy atom. The second kappa shape index (κ2) is 3.25. The first-order chi connectivity index (χ1) is 5.96. The Morgan fingerprint density at radius 2 is 2.15 bits per heavy atom. The molecule has 0 aromatic carbocycles. The number of ether oxygens (including phenoxy) is 1. The molecule has 7 heteroatoms. The van der Waals surface area contributed by atoms with Gasteiger partial charge in [-0.1, -0.05) is 0 Å². The summed E-state index contributed by atoms with van der Waals surface area (Å²) in [6, 6.07) is 0. The van der Waals surface area contributed by atoms with Gasteiger partial charge in [-0.3, -0.25) is 10.2 Å². The van der Waals surface area contributed by atoms with Crippen LogP contribution in [0.1, 0.15) is 6.42 Å². The van der Waals surface area contributed by atoms with Crippen LogP contribution in [0.2, 0.25) is 0 Å². The third kappa shape index (κ3) is 1.92. The van der Waals surface area contributed by atoms with Gasteiger partial charge in [0.2, 0.25) is 5.76 Å². The van der Waals surface area contributed by atoms with Crippen LogP contribution in [-0.2, 0) is 9.53 Å². The average molecular weight is 196 g/mol. The Labute approximate surface area is 71.5 Å². The van der Waals surface area contributed by atoms with Crippen molar-refractivity contribution in [2.45, 2.75) is 12.6 Å². The third-order valence-electron chi connectivity index (χ3n) is 1.54. The molecule has 13 heavy (non-hydrogen) atoms. The zero-order chi connectivity index (χ0) is 10.1. The smallest absolute Gasteiger partial charge is 0.449 e. The van der Waals surface area contributed by atoms with Crippen molar-refractivity contribution in [2.75, 3.05) is 6.61 Å². The predicted octanol–water partition coefficient (Wildman–Crippen LogP) is 0.213. The van der Waals surface area contributed by atoms with Gasteiger partial charge in [0.15, 0.2) is 0 Å². The number of carbonyl (C=O) groups is 1. The number of alkyl halides is 3. The van der Waals surface area contributed by atoms with Crippen molar-refractivity contribution in [2.24, 2.45) is 5.84 Å². The van der Waals surface area contributed by atoms with Gasteiger partial charge in [-0.25, -0.2) is 5.84 Å². The van der Waals surface area contributed by atoms with Crippen molar-refractivity contribution in [1.82, 2.24) is 5.43 Å². The van der Waals surface area contributed by atoms with Gasteiger partial charge >= 0.3 is 6.18 Å². The summed E-state index contributed by atoms with van der Waals surface area (Å²) in [7, 11) is 0. The zero-order valence-corrected chi connectivity index (χ0v) is 6.44. The number of carbonyl (C=O) groups excluding carboxylic acids is 1. The number of halogens is 3. The van der Waals surface area contributed by atoms with Gasteiger partial charge in [0, 0.05) is 6.42 Å². The molecule has 0 saturated carbocycles. The highest BCUT2D eigenvalue weighted by Gasteiger charge is 2.42. The minimum atomic E-state index is -4.63. The molecule has 0 saturated heterocycles. The van der Waals surface area contributed by atoms with Gasteiger partial charge in [-0.15, -0.1) is 0 Å². The van der Waals surface area contributed by atoms with E-state index in [2.05, 4.69) is 4.74 Å². The molecule has 1 heterocycles. The van der Waals surface area contributed by atoms with Crippen LogP contribution in [0.4, 0.5) is 13.2 Å². The number of allylic oxidation sites excluding steroid dienone is 1. The Balaban J connectivity index is 2.97. The number of nitrogens with one attached hydrogen (secondary N) is 1. The number of hydrazine groups is 1. The molecular formula is C6H7F3N2O2. The summed E-state index contributed by atoms with van der Waals surface area (Å²) in [6.45, 7) is -0.141. The summed E-state index contributed by atoms with van der Waals surface area (Å²) in [6.07, 6.45) is -4.70. The van der Waals surface area contributed by atoms with Gasteiger partial charge < -0.3 is 4.74 Å². The van der Waals surface area contributed by atoms with Crippen LogP contribution in [0.25, 0.3) is 0 Å². The van der Waals surface area contributed by atoms with Crippen LogP contribution < -0.4 is 11.3 Å². The largest absolute Gasteiger partial charge is 0.488 e. The van der Waals surface area contributed by atoms with Crippen molar-refractivity contribution in [1.29, 1.82) is 0 Å². The topological polar surface area (TPSA) is 64.3 Å². The van der Waals surface area contributed by atoms with Gasteiger partial charge in [-0.2, -0.15) is 13.2 Å². The number of hydrogen-bond donors (Lipinski definition) is 2. The average Bonchev–Trinajstić information content (AvgIpc) is 2.49. The fourth-order valence-electron chi connectivity index (χ4n) is 1.01. The standard InChI is InChI=1S/C6H7F3N2O2/c7-6(8,9)4-3(1-2-13-4)5(12)11-10/h1-2,10H2,(H,11,12). The van der Waals surface area contributed by atoms with Crippen LogP contribution in [0.5, 0.6) is 0 Å². The molecule has 1 amide bonds. The molecular weight excluding hydrogens is 189 g/mol. The lowest BCUT2D eigenvalue weighted by Crippen LogP contribution is -2.32. The molecule has 3 N–H and O–H groups in total. The van der Waals surface area contributed by atoms with Gasteiger partial charge in [0.25, 0.3) is 5.91 Å². The van der Waals surface area contributed by atoms with E-state index in [-0.39, 0.29) is 13.0 Å². The summed E-state index contributed by atoms with van der Waals surface area (Å²) in [5.74, 6) is 2.51.